The van der Waals surface area contributed by atoms with E-state index in [-0.39, 0.29) is 35.7 Å². The highest BCUT2D eigenvalue weighted by Gasteiger charge is 2.28. The first kappa shape index (κ1) is 28.8. The van der Waals surface area contributed by atoms with Gasteiger partial charge in [-0.15, -0.1) is 0 Å². The molecule has 0 aromatic heterocycles. The summed E-state index contributed by atoms with van der Waals surface area (Å²) in [6, 6.07) is 21.1. The number of nitrogens with zero attached hydrogens (tertiary/aromatic N) is 1. The molecule has 9 heteroatoms. The van der Waals surface area contributed by atoms with Crippen LogP contribution in [0.25, 0.3) is 0 Å². The van der Waals surface area contributed by atoms with Crippen LogP contribution in [0, 0.1) is 6.92 Å². The van der Waals surface area contributed by atoms with Crippen LogP contribution in [0.3, 0.4) is 0 Å². The van der Waals surface area contributed by atoms with Crippen molar-refractivity contribution in [1.82, 2.24) is 14.9 Å². The van der Waals surface area contributed by atoms with Gasteiger partial charge >= 0.3 is 0 Å². The van der Waals surface area contributed by atoms with Gasteiger partial charge in [-0.1, -0.05) is 65.7 Å². The summed E-state index contributed by atoms with van der Waals surface area (Å²) in [5.74, 6) is -0.411. The molecule has 206 valence electrons. The van der Waals surface area contributed by atoms with Crippen molar-refractivity contribution in [3.05, 3.63) is 100 Å². The molecule has 2 N–H and O–H groups in total. The topological polar surface area (TPSA) is 95.6 Å². The Balaban J connectivity index is 1.41. The molecule has 0 bridgehead atoms. The number of rotatable bonds is 12. The normalized spacial score (nSPS) is 14.0. The van der Waals surface area contributed by atoms with E-state index in [9.17, 15) is 18.0 Å². The number of amides is 2. The summed E-state index contributed by atoms with van der Waals surface area (Å²) in [7, 11) is -3.52. The SMILES string of the molecule is Cc1ccc(CNC(=O)[C@H](C)N(Cc2ccc(Cl)cc2)C(=O)CCc2ccc(S(=O)(=O)NC3CC3)cc2)cc1. The molecular weight excluding hydrogens is 534 g/mol. The second-order valence-electron chi connectivity index (χ2n) is 10.1. The molecule has 3 aromatic carbocycles. The fourth-order valence-corrected chi connectivity index (χ4v) is 5.56. The van der Waals surface area contributed by atoms with Gasteiger partial charge in [0, 0.05) is 30.6 Å². The molecule has 1 aliphatic rings. The van der Waals surface area contributed by atoms with E-state index in [4.69, 9.17) is 11.6 Å². The number of benzene rings is 3. The number of sulfonamides is 1. The maximum atomic E-state index is 13.4. The van der Waals surface area contributed by atoms with E-state index in [0.717, 1.165) is 35.1 Å². The Kier molecular flexibility index (Phi) is 9.43. The van der Waals surface area contributed by atoms with E-state index >= 15 is 0 Å². The van der Waals surface area contributed by atoms with E-state index in [0.29, 0.717) is 18.0 Å². The maximum absolute atomic E-state index is 13.4. The number of halogens is 1. The third-order valence-corrected chi connectivity index (χ3v) is 8.57. The van der Waals surface area contributed by atoms with E-state index in [1.807, 2.05) is 43.3 Å². The second-order valence-corrected chi connectivity index (χ2v) is 12.2. The quantitative estimate of drug-likeness (QED) is 0.330. The van der Waals surface area contributed by atoms with Crippen molar-refractivity contribution in [2.24, 2.45) is 0 Å². The Morgan fingerprint density at radius 2 is 1.51 bits per heavy atom. The Labute approximate surface area is 235 Å². The highest BCUT2D eigenvalue weighted by atomic mass is 35.5. The lowest BCUT2D eigenvalue weighted by molar-refractivity contribution is -0.140. The predicted octanol–water partition coefficient (Wildman–Crippen LogP) is 4.76. The number of carbonyl (C=O) groups excluding carboxylic acids is 2. The van der Waals surface area contributed by atoms with Gasteiger partial charge in [0.25, 0.3) is 0 Å². The number of nitrogens with one attached hydrogen (secondary N) is 2. The van der Waals surface area contributed by atoms with Gasteiger partial charge in [-0.05, 0) is 74.1 Å². The minimum atomic E-state index is -3.52. The van der Waals surface area contributed by atoms with Crippen LogP contribution in [0.2, 0.25) is 5.02 Å². The summed E-state index contributed by atoms with van der Waals surface area (Å²) in [4.78, 5) is 28.3. The number of hydrogen-bond acceptors (Lipinski definition) is 4. The number of aryl methyl sites for hydroxylation is 2. The van der Waals surface area contributed by atoms with Crippen LogP contribution in [-0.2, 0) is 39.1 Å². The van der Waals surface area contributed by atoms with E-state index in [1.165, 1.54) is 0 Å². The van der Waals surface area contributed by atoms with Crippen molar-refractivity contribution in [1.29, 1.82) is 0 Å². The van der Waals surface area contributed by atoms with Crippen LogP contribution in [0.5, 0.6) is 0 Å². The molecule has 0 spiro atoms. The molecule has 0 radical (unpaired) electrons. The zero-order chi connectivity index (χ0) is 28.0. The number of carbonyl (C=O) groups is 2. The zero-order valence-electron chi connectivity index (χ0n) is 22.2. The van der Waals surface area contributed by atoms with Crippen molar-refractivity contribution in [3.63, 3.8) is 0 Å². The van der Waals surface area contributed by atoms with E-state index in [1.54, 1.807) is 48.2 Å². The molecule has 4 rings (SSSR count). The van der Waals surface area contributed by atoms with E-state index < -0.39 is 16.1 Å². The lowest BCUT2D eigenvalue weighted by Gasteiger charge is -2.29. The molecule has 2 amide bonds. The molecule has 0 heterocycles. The van der Waals surface area contributed by atoms with Crippen LogP contribution >= 0.6 is 11.6 Å². The second kappa shape index (κ2) is 12.8. The Bertz CT molecular complexity index is 1390. The minimum absolute atomic E-state index is 0.0370. The fraction of sp³-hybridized carbons (Fsp3) is 0.333. The summed E-state index contributed by atoms with van der Waals surface area (Å²) in [6.45, 7) is 4.37. The molecule has 3 aromatic rings. The summed E-state index contributed by atoms with van der Waals surface area (Å²) >= 11 is 6.03. The van der Waals surface area contributed by atoms with Crippen LogP contribution < -0.4 is 10.0 Å². The average Bonchev–Trinajstić information content (AvgIpc) is 3.74. The van der Waals surface area contributed by atoms with Crippen LogP contribution in [0.1, 0.15) is 48.4 Å². The van der Waals surface area contributed by atoms with Crippen LogP contribution in [-0.4, -0.2) is 37.2 Å². The monoisotopic (exact) mass is 567 g/mol. The highest BCUT2D eigenvalue weighted by Crippen LogP contribution is 2.22. The molecule has 1 aliphatic carbocycles. The molecule has 7 nitrogen and oxygen atoms in total. The molecule has 1 saturated carbocycles. The lowest BCUT2D eigenvalue weighted by Crippen LogP contribution is -2.47. The van der Waals surface area contributed by atoms with Crippen LogP contribution in [0.4, 0.5) is 0 Å². The Morgan fingerprint density at radius 1 is 0.923 bits per heavy atom. The minimum Gasteiger partial charge on any atom is -0.350 e. The molecule has 1 fully saturated rings. The first-order chi connectivity index (χ1) is 18.6. The molecule has 0 aliphatic heterocycles. The molecule has 0 unspecified atom stereocenters. The van der Waals surface area contributed by atoms with Crippen molar-refractivity contribution >= 4 is 33.4 Å². The Hall–Kier alpha value is -3.20. The van der Waals surface area contributed by atoms with Crippen LogP contribution in [0.15, 0.2) is 77.7 Å². The van der Waals surface area contributed by atoms with Gasteiger partial charge in [0.15, 0.2) is 0 Å². The molecule has 39 heavy (non-hydrogen) atoms. The predicted molar refractivity (Wildman–Crippen MR) is 153 cm³/mol. The van der Waals surface area contributed by atoms with Crippen molar-refractivity contribution in [2.45, 2.75) is 69.6 Å². The number of hydrogen-bond donors (Lipinski definition) is 2. The largest absolute Gasteiger partial charge is 0.350 e. The van der Waals surface area contributed by atoms with Crippen molar-refractivity contribution < 1.29 is 18.0 Å². The average molecular weight is 568 g/mol. The summed E-state index contributed by atoms with van der Waals surface area (Å²) < 4.78 is 27.5. The zero-order valence-corrected chi connectivity index (χ0v) is 23.8. The summed E-state index contributed by atoms with van der Waals surface area (Å²) in [6.07, 6.45) is 2.34. The third-order valence-electron chi connectivity index (χ3n) is 6.78. The van der Waals surface area contributed by atoms with Crippen molar-refractivity contribution in [2.75, 3.05) is 0 Å². The first-order valence-electron chi connectivity index (χ1n) is 13.1. The van der Waals surface area contributed by atoms with Gasteiger partial charge in [-0.3, -0.25) is 9.59 Å². The van der Waals surface area contributed by atoms with Gasteiger partial charge in [0.05, 0.1) is 4.90 Å². The molecule has 0 saturated heterocycles. The van der Waals surface area contributed by atoms with Gasteiger partial charge in [0.2, 0.25) is 21.8 Å². The van der Waals surface area contributed by atoms with E-state index in [2.05, 4.69) is 10.0 Å². The Morgan fingerprint density at radius 3 is 2.13 bits per heavy atom. The smallest absolute Gasteiger partial charge is 0.242 e. The van der Waals surface area contributed by atoms with Gasteiger partial charge < -0.3 is 10.2 Å². The van der Waals surface area contributed by atoms with Gasteiger partial charge in [0.1, 0.15) is 6.04 Å². The molecule has 1 atom stereocenters. The lowest BCUT2D eigenvalue weighted by atomic mass is 10.1. The third kappa shape index (κ3) is 8.39. The fourth-order valence-electron chi connectivity index (χ4n) is 4.13. The molecular formula is C30H34ClN3O4S. The van der Waals surface area contributed by atoms with Gasteiger partial charge in [-0.25, -0.2) is 13.1 Å². The highest BCUT2D eigenvalue weighted by molar-refractivity contribution is 7.89. The maximum Gasteiger partial charge on any atom is 0.242 e. The first-order valence-corrected chi connectivity index (χ1v) is 15.0. The summed E-state index contributed by atoms with van der Waals surface area (Å²) in [5.41, 5.74) is 3.83. The summed E-state index contributed by atoms with van der Waals surface area (Å²) in [5, 5.41) is 3.54. The van der Waals surface area contributed by atoms with Crippen molar-refractivity contribution in [3.8, 4) is 0 Å². The standard InChI is InChI=1S/C30H34ClN3O4S/c1-21-3-5-24(6-4-21)19-32-30(36)22(2)34(20-25-7-12-26(31)13-8-25)29(35)18-11-23-9-16-28(17-10-23)39(37,38)33-27-14-15-27/h3-10,12-13,16-17,22,27,33H,11,14-15,18-20H2,1-2H3,(H,32,36)/t22-/m0/s1. The van der Waals surface area contributed by atoms with Gasteiger partial charge in [-0.2, -0.15) is 0 Å².